The van der Waals surface area contributed by atoms with Crippen molar-refractivity contribution in [1.82, 2.24) is 0 Å². The summed E-state index contributed by atoms with van der Waals surface area (Å²) in [7, 11) is 0.0833. The molecule has 0 rings (SSSR count). The molecule has 0 unspecified atom stereocenters. The van der Waals surface area contributed by atoms with Gasteiger partial charge in [-0.15, -0.1) is 0 Å². The average molecular weight is 232 g/mol. The molecule has 0 amide bonds. The Kier molecular flexibility index (Phi) is 965. The molecule has 0 fully saturated rings. The van der Waals surface area contributed by atoms with Crippen LogP contribution in [-0.2, 0) is 0 Å². The largest absolute Gasteiger partial charge is 1.00 e. The van der Waals surface area contributed by atoms with Crippen molar-refractivity contribution in [3.8, 4) is 0 Å². The molecule has 0 saturated heterocycles. The van der Waals surface area contributed by atoms with Gasteiger partial charge in [-0.2, -0.15) is 28.4 Å². The van der Waals surface area contributed by atoms with Crippen LogP contribution < -0.4 is 168 Å². The van der Waals surface area contributed by atoms with E-state index >= 15 is 0 Å². The van der Waals surface area contributed by atoms with Gasteiger partial charge in [-0.25, -0.2) is 0 Å². The van der Waals surface area contributed by atoms with E-state index in [0.717, 1.165) is 28.4 Å². The summed E-state index contributed by atoms with van der Waals surface area (Å²) in [5.74, 6) is 0. The summed E-state index contributed by atoms with van der Waals surface area (Å²) in [5.41, 5.74) is 0. The fourth-order valence-electron chi connectivity index (χ4n) is 0. The Bertz CT molecular complexity index is 38.2. The minimum absolute atomic E-state index is 0. The van der Waals surface area contributed by atoms with Crippen LogP contribution >= 0.6 is 0 Å². The van der Waals surface area contributed by atoms with E-state index in [2.05, 4.69) is 0 Å². The molecule has 15 heteroatoms. The van der Waals surface area contributed by atoms with Crippen molar-refractivity contribution in [2.75, 3.05) is 28.4 Å². The van der Waals surface area contributed by atoms with E-state index in [0.29, 0.717) is 0 Å². The molecule has 0 aromatic carbocycles. The van der Waals surface area contributed by atoms with Crippen molar-refractivity contribution in [1.29, 1.82) is 0 Å². The van der Waals surface area contributed by atoms with Gasteiger partial charge in [0.1, 0.15) is 0 Å². The summed E-state index contributed by atoms with van der Waals surface area (Å²) in [5, 5.41) is 58.2. The first-order valence-corrected chi connectivity index (χ1v) is 2.34. The second kappa shape index (κ2) is 199. The van der Waals surface area contributed by atoms with Gasteiger partial charge in [0.05, 0.1) is 0 Å². The monoisotopic (exact) mass is 232 g/mol. The maximum atomic E-state index is 8.42. The predicted molar refractivity (Wildman–Crippen MR) is 29.4 cm³/mol. The molecule has 0 spiro atoms. The SMILES string of the molecule is C[O-].C[O-].C[O-].C[O-].[Li+].[Li+].[Li+].[Li+].[Li+].[Li+].[Li+].[O-]B([O-])[O-]. The summed E-state index contributed by atoms with van der Waals surface area (Å²) in [6.45, 7) is 0. The van der Waals surface area contributed by atoms with Crippen LogP contribution in [0, 0.1) is 0 Å². The van der Waals surface area contributed by atoms with Crippen molar-refractivity contribution in [3.05, 3.63) is 0 Å². The average Bonchev–Trinajstić information content (AvgIpc) is 2.16. The molecule has 0 bridgehead atoms. The summed E-state index contributed by atoms with van der Waals surface area (Å²) < 4.78 is 0. The van der Waals surface area contributed by atoms with E-state index in [-0.39, 0.29) is 132 Å². The first-order chi connectivity index (χ1) is 5.73. The number of hydrogen-bond donors (Lipinski definition) is 0. The molecule has 0 N–H and O–H groups in total. The van der Waals surface area contributed by atoms with Crippen LogP contribution in [0.15, 0.2) is 0 Å². The Morgan fingerprint density at radius 1 is 0.368 bits per heavy atom. The van der Waals surface area contributed by atoms with Gasteiger partial charge in [-0.05, 0) is 0 Å². The first kappa shape index (κ1) is 92.1. The minimum Gasteiger partial charge on any atom is -0.907 e. The number of hydrogen-bond acceptors (Lipinski definition) is 7. The van der Waals surface area contributed by atoms with Gasteiger partial charge in [0.2, 0.25) is 0 Å². The Labute approximate surface area is 200 Å². The van der Waals surface area contributed by atoms with E-state index in [9.17, 15) is 0 Å². The van der Waals surface area contributed by atoms with E-state index < -0.39 is 7.32 Å². The molecule has 80 valence electrons. The summed E-state index contributed by atoms with van der Waals surface area (Å²) >= 11 is 0. The van der Waals surface area contributed by atoms with E-state index in [1.807, 2.05) is 0 Å². The molecule has 19 heavy (non-hydrogen) atoms. The van der Waals surface area contributed by atoms with Crippen molar-refractivity contribution < 1.29 is 168 Å². The minimum atomic E-state index is -2.92. The van der Waals surface area contributed by atoms with Crippen molar-refractivity contribution in [2.45, 2.75) is 0 Å². The van der Waals surface area contributed by atoms with Gasteiger partial charge in [-0.1, -0.05) is 0 Å². The Hall–Kier alpha value is 3.97. The topological polar surface area (TPSA) is 161 Å². The molecule has 0 aliphatic carbocycles. The smallest absolute Gasteiger partial charge is 0.907 e. The van der Waals surface area contributed by atoms with E-state index in [4.69, 9.17) is 35.5 Å². The molecule has 0 aromatic rings. The van der Waals surface area contributed by atoms with Crippen LogP contribution in [0.25, 0.3) is 0 Å². The summed E-state index contributed by atoms with van der Waals surface area (Å²) in [4.78, 5) is 0. The Morgan fingerprint density at radius 3 is 0.368 bits per heavy atom. The van der Waals surface area contributed by atoms with Crippen molar-refractivity contribution in [2.24, 2.45) is 0 Å². The van der Waals surface area contributed by atoms with Gasteiger partial charge < -0.3 is 35.5 Å². The van der Waals surface area contributed by atoms with Crippen LogP contribution in [0.3, 0.4) is 0 Å². The van der Waals surface area contributed by atoms with Gasteiger partial charge in [0, 0.05) is 0 Å². The van der Waals surface area contributed by atoms with Gasteiger partial charge in [0.25, 0.3) is 0 Å². The molecule has 0 atom stereocenters. The fraction of sp³-hybridized carbons (Fsp3) is 1.00. The maximum absolute atomic E-state index is 8.42. The molecule has 0 aliphatic rings. The molecule has 0 radical (unpaired) electrons. The molecular weight excluding hydrogens is 219 g/mol. The van der Waals surface area contributed by atoms with Crippen LogP contribution in [0.5, 0.6) is 0 Å². The quantitative estimate of drug-likeness (QED) is 0.374. The number of rotatable bonds is 0. The van der Waals surface area contributed by atoms with Gasteiger partial charge >= 0.3 is 132 Å². The predicted octanol–water partition coefficient (Wildman–Crippen LogP) is -29.0. The zero-order valence-corrected chi connectivity index (χ0v) is 14.4. The zero-order valence-electron chi connectivity index (χ0n) is 14.4. The molecule has 0 aromatic heterocycles. The molecule has 0 saturated carbocycles. The van der Waals surface area contributed by atoms with E-state index in [1.165, 1.54) is 0 Å². The summed E-state index contributed by atoms with van der Waals surface area (Å²) in [6.07, 6.45) is 0. The fourth-order valence-corrected chi connectivity index (χ4v) is 0. The van der Waals surface area contributed by atoms with E-state index in [1.54, 1.807) is 0 Å². The molecule has 0 aliphatic heterocycles. The molecule has 0 heterocycles. The third-order valence-electron chi connectivity index (χ3n) is 0. The van der Waals surface area contributed by atoms with Crippen LogP contribution in [0.1, 0.15) is 0 Å². The standard InChI is InChI=1S/4CH3O.BO3.7Li/c4*1-2;2-1(3)4;;;;;;;/h4*1H3;;;;;;;;/q4*-1;-3;7*+1. The van der Waals surface area contributed by atoms with Crippen molar-refractivity contribution >= 4 is 7.32 Å². The second-order valence-electron chi connectivity index (χ2n) is 0.289. The first-order valence-electron chi connectivity index (χ1n) is 2.34. The normalized spacial score (nSPS) is 2.68. The molecular formula is C4H12BLi7O7. The van der Waals surface area contributed by atoms with Crippen LogP contribution in [0.4, 0.5) is 0 Å². The third kappa shape index (κ3) is 557. The second-order valence-corrected chi connectivity index (χ2v) is 0.289. The van der Waals surface area contributed by atoms with Gasteiger partial charge in [0.15, 0.2) is 0 Å². The third-order valence-corrected chi connectivity index (χ3v) is 0. The van der Waals surface area contributed by atoms with Crippen LogP contribution in [0.2, 0.25) is 0 Å². The Morgan fingerprint density at radius 2 is 0.368 bits per heavy atom. The Balaban J connectivity index is -0.00000000305. The van der Waals surface area contributed by atoms with Crippen molar-refractivity contribution in [3.63, 3.8) is 0 Å². The maximum Gasteiger partial charge on any atom is 1.00 e. The zero-order chi connectivity index (χ0) is 11.6. The molecule has 7 nitrogen and oxygen atoms in total. The summed E-state index contributed by atoms with van der Waals surface area (Å²) in [6, 6.07) is 0. The van der Waals surface area contributed by atoms with Gasteiger partial charge in [-0.3, -0.25) is 7.32 Å². The van der Waals surface area contributed by atoms with Crippen LogP contribution in [-0.4, -0.2) is 35.8 Å².